The van der Waals surface area contributed by atoms with Crippen LogP contribution in [0.15, 0.2) is 29.0 Å². The number of nitrogens with one attached hydrogen (secondary N) is 1. The molecule has 1 aliphatic rings. The van der Waals surface area contributed by atoms with E-state index in [9.17, 15) is 12.8 Å². The summed E-state index contributed by atoms with van der Waals surface area (Å²) in [5.41, 5.74) is 2.94. The molecule has 1 aromatic heterocycles. The molecule has 0 bridgehead atoms. The molecule has 2 heterocycles. The lowest BCUT2D eigenvalue weighted by molar-refractivity contribution is 0.413. The first-order valence-electron chi connectivity index (χ1n) is 8.25. The molecule has 3 rings (SSSR count). The van der Waals surface area contributed by atoms with E-state index in [0.29, 0.717) is 12.2 Å². The maximum atomic E-state index is 13.3. The molecule has 1 fully saturated rings. The Bertz CT molecular complexity index is 851. The van der Waals surface area contributed by atoms with Gasteiger partial charge in [-0.05, 0) is 50.5 Å². The van der Waals surface area contributed by atoms with Gasteiger partial charge in [0.15, 0.2) is 0 Å². The van der Waals surface area contributed by atoms with E-state index in [1.165, 1.54) is 18.4 Å². The van der Waals surface area contributed by atoms with Crippen molar-refractivity contribution in [3.05, 3.63) is 47.1 Å². The van der Waals surface area contributed by atoms with Gasteiger partial charge in [0, 0.05) is 30.4 Å². The second-order valence-corrected chi connectivity index (χ2v) is 8.29. The van der Waals surface area contributed by atoms with Gasteiger partial charge >= 0.3 is 0 Å². The smallest absolute Gasteiger partial charge is 0.217 e. The van der Waals surface area contributed by atoms with Gasteiger partial charge in [0.25, 0.3) is 0 Å². The minimum absolute atomic E-state index is 0.185. The van der Waals surface area contributed by atoms with Crippen LogP contribution in [0.5, 0.6) is 0 Å². The summed E-state index contributed by atoms with van der Waals surface area (Å²) in [5.74, 6) is -0.458. The Morgan fingerprint density at radius 1 is 1.36 bits per heavy atom. The van der Waals surface area contributed by atoms with E-state index in [0.717, 1.165) is 36.2 Å². The molecule has 136 valence electrons. The van der Waals surface area contributed by atoms with Gasteiger partial charge in [0.1, 0.15) is 23.5 Å². The van der Waals surface area contributed by atoms with Crippen molar-refractivity contribution >= 4 is 15.7 Å². The Kier molecular flexibility index (Phi) is 5.10. The lowest BCUT2D eigenvalue weighted by Gasteiger charge is -2.35. The van der Waals surface area contributed by atoms with Crippen molar-refractivity contribution in [3.8, 4) is 0 Å². The topological polar surface area (TPSA) is 75.4 Å². The van der Waals surface area contributed by atoms with E-state index in [-0.39, 0.29) is 17.6 Å². The molecule has 6 nitrogen and oxygen atoms in total. The van der Waals surface area contributed by atoms with E-state index in [2.05, 4.69) is 14.8 Å². The van der Waals surface area contributed by atoms with Crippen LogP contribution < -0.4 is 9.62 Å². The molecule has 1 unspecified atom stereocenters. The quantitative estimate of drug-likeness (QED) is 0.879. The van der Waals surface area contributed by atoms with Gasteiger partial charge in [0.2, 0.25) is 10.0 Å². The predicted octanol–water partition coefficient (Wildman–Crippen LogP) is 2.52. The van der Waals surface area contributed by atoms with Crippen LogP contribution in [0.2, 0.25) is 0 Å². The zero-order chi connectivity index (χ0) is 18.0. The molecule has 0 amide bonds. The molecule has 1 saturated heterocycles. The first-order valence-corrected chi connectivity index (χ1v) is 9.90. The molecular formula is C17H22FN3O3S. The number of anilines is 1. The first-order chi connectivity index (χ1) is 11.8. The van der Waals surface area contributed by atoms with Gasteiger partial charge in [-0.1, -0.05) is 5.16 Å². The Labute approximate surface area is 147 Å². The van der Waals surface area contributed by atoms with Crippen LogP contribution in [-0.2, 0) is 15.8 Å². The molecule has 25 heavy (non-hydrogen) atoms. The normalized spacial score (nSPS) is 18.5. The standard InChI is InChI=1S/C17H22FN3O3S/c1-12-8-14(18)5-6-17(12)21-7-3-4-15(9-21)20-25(22,23)11-16-13(2)10-24-19-16/h5-6,8,10,15,20H,3-4,7,9,11H2,1-2H3. The second kappa shape index (κ2) is 7.13. The molecular weight excluding hydrogens is 345 g/mol. The number of sulfonamides is 1. The second-order valence-electron chi connectivity index (χ2n) is 6.54. The zero-order valence-corrected chi connectivity index (χ0v) is 15.1. The molecule has 1 N–H and O–H groups in total. The van der Waals surface area contributed by atoms with Crippen LogP contribution in [0.4, 0.5) is 10.1 Å². The highest BCUT2D eigenvalue weighted by Gasteiger charge is 2.26. The number of aromatic nitrogens is 1. The summed E-state index contributed by atoms with van der Waals surface area (Å²) in [6, 6.07) is 4.50. The number of piperidine rings is 1. The Morgan fingerprint density at radius 2 is 2.16 bits per heavy atom. The number of halogens is 1. The molecule has 2 aromatic rings. The van der Waals surface area contributed by atoms with E-state index < -0.39 is 10.0 Å². The van der Waals surface area contributed by atoms with Crippen molar-refractivity contribution in [1.29, 1.82) is 0 Å². The Morgan fingerprint density at radius 3 is 2.84 bits per heavy atom. The van der Waals surface area contributed by atoms with Gasteiger partial charge in [-0.2, -0.15) is 0 Å². The number of aryl methyl sites for hydroxylation is 2. The zero-order valence-electron chi connectivity index (χ0n) is 14.3. The average Bonchev–Trinajstić information content (AvgIpc) is 2.91. The van der Waals surface area contributed by atoms with Crippen molar-refractivity contribution < 1.29 is 17.3 Å². The summed E-state index contributed by atoms with van der Waals surface area (Å²) in [7, 11) is -3.51. The third kappa shape index (κ3) is 4.38. The maximum Gasteiger partial charge on any atom is 0.217 e. The number of rotatable bonds is 5. The summed E-state index contributed by atoms with van der Waals surface area (Å²) < 4.78 is 45.7. The predicted molar refractivity (Wildman–Crippen MR) is 93.4 cm³/mol. The fourth-order valence-corrected chi connectivity index (χ4v) is 4.61. The van der Waals surface area contributed by atoms with Crippen LogP contribution >= 0.6 is 0 Å². The Hall–Kier alpha value is -1.93. The molecule has 0 aliphatic carbocycles. The first kappa shape index (κ1) is 17.9. The molecule has 1 atom stereocenters. The highest BCUT2D eigenvalue weighted by Crippen LogP contribution is 2.25. The lowest BCUT2D eigenvalue weighted by atomic mass is 10.0. The summed E-state index contributed by atoms with van der Waals surface area (Å²) >= 11 is 0. The highest BCUT2D eigenvalue weighted by atomic mass is 32.2. The highest BCUT2D eigenvalue weighted by molar-refractivity contribution is 7.88. The van der Waals surface area contributed by atoms with Crippen molar-refractivity contribution in [2.75, 3.05) is 18.0 Å². The molecule has 1 aromatic carbocycles. The SMILES string of the molecule is Cc1cc(F)ccc1N1CCCC(NS(=O)(=O)Cc2nocc2C)C1. The largest absolute Gasteiger partial charge is 0.370 e. The molecule has 0 saturated carbocycles. The number of benzene rings is 1. The lowest BCUT2D eigenvalue weighted by Crippen LogP contribution is -2.48. The van der Waals surface area contributed by atoms with Crippen LogP contribution in [0.25, 0.3) is 0 Å². The van der Waals surface area contributed by atoms with Crippen LogP contribution in [0.1, 0.15) is 29.7 Å². The minimum Gasteiger partial charge on any atom is -0.370 e. The van der Waals surface area contributed by atoms with Crippen LogP contribution in [0, 0.1) is 19.7 Å². The third-order valence-electron chi connectivity index (χ3n) is 4.44. The molecule has 0 spiro atoms. The summed E-state index contributed by atoms with van der Waals surface area (Å²) in [6.07, 6.45) is 3.07. The summed E-state index contributed by atoms with van der Waals surface area (Å²) in [4.78, 5) is 2.10. The number of nitrogens with zero attached hydrogens (tertiary/aromatic N) is 2. The van der Waals surface area contributed by atoms with Gasteiger partial charge in [-0.3, -0.25) is 0 Å². The molecule has 0 radical (unpaired) electrons. The fourth-order valence-electron chi connectivity index (χ4n) is 3.19. The number of hydrogen-bond acceptors (Lipinski definition) is 5. The van der Waals surface area contributed by atoms with E-state index in [1.807, 2.05) is 6.92 Å². The van der Waals surface area contributed by atoms with Gasteiger partial charge in [-0.15, -0.1) is 0 Å². The molecule has 8 heteroatoms. The Balaban J connectivity index is 1.68. The van der Waals surface area contributed by atoms with Gasteiger partial charge in [-0.25, -0.2) is 17.5 Å². The van der Waals surface area contributed by atoms with Crippen molar-refractivity contribution in [2.45, 2.75) is 38.5 Å². The third-order valence-corrected chi connectivity index (χ3v) is 5.79. The van der Waals surface area contributed by atoms with Crippen molar-refractivity contribution in [2.24, 2.45) is 0 Å². The van der Waals surface area contributed by atoms with Crippen molar-refractivity contribution in [1.82, 2.24) is 9.88 Å². The maximum absolute atomic E-state index is 13.3. The van der Waals surface area contributed by atoms with E-state index in [1.54, 1.807) is 13.0 Å². The van der Waals surface area contributed by atoms with E-state index in [4.69, 9.17) is 4.52 Å². The summed E-state index contributed by atoms with van der Waals surface area (Å²) in [6.45, 7) is 5.01. The average molecular weight is 367 g/mol. The minimum atomic E-state index is -3.51. The van der Waals surface area contributed by atoms with Crippen molar-refractivity contribution in [3.63, 3.8) is 0 Å². The van der Waals surface area contributed by atoms with E-state index >= 15 is 0 Å². The van der Waals surface area contributed by atoms with Crippen LogP contribution in [-0.4, -0.2) is 32.7 Å². The van der Waals surface area contributed by atoms with Gasteiger partial charge in [0.05, 0.1) is 0 Å². The van der Waals surface area contributed by atoms with Crippen LogP contribution in [0.3, 0.4) is 0 Å². The number of hydrogen-bond donors (Lipinski definition) is 1. The fraction of sp³-hybridized carbons (Fsp3) is 0.471. The van der Waals surface area contributed by atoms with Gasteiger partial charge < -0.3 is 9.42 Å². The monoisotopic (exact) mass is 367 g/mol. The molecule has 1 aliphatic heterocycles. The summed E-state index contributed by atoms with van der Waals surface area (Å²) in [5, 5.41) is 3.74.